The molecule has 4 N–H and O–H groups in total. The number of nitrogens with two attached hydrogens (primary N) is 1. The molecule has 5 nitrogen and oxygen atoms in total. The van der Waals surface area contributed by atoms with Gasteiger partial charge >= 0.3 is 0 Å². The Morgan fingerprint density at radius 2 is 1.95 bits per heavy atom. The summed E-state index contributed by atoms with van der Waals surface area (Å²) < 4.78 is 0. The van der Waals surface area contributed by atoms with Crippen LogP contribution in [-0.2, 0) is 4.79 Å². The van der Waals surface area contributed by atoms with Crippen LogP contribution in [0.2, 0.25) is 0 Å². The van der Waals surface area contributed by atoms with Crippen molar-refractivity contribution in [1.82, 2.24) is 5.32 Å². The summed E-state index contributed by atoms with van der Waals surface area (Å²) in [6.45, 7) is 1.60. The average molecular weight is 284 g/mol. The molecule has 1 aromatic carbocycles. The van der Waals surface area contributed by atoms with Crippen LogP contribution in [0.25, 0.3) is 0 Å². The fourth-order valence-electron chi connectivity index (χ4n) is 1.53. The number of para-hydroxylation sites is 1. The van der Waals surface area contributed by atoms with E-state index in [1.807, 2.05) is 0 Å². The number of hydrogen-bond acceptors (Lipinski definition) is 3. The Morgan fingerprint density at radius 3 is 2.53 bits per heavy atom. The SMILES string of the molecule is C[C@H](N)C(=O)Nc1ccccc1C(=O)NC1CC1.Cl. The minimum atomic E-state index is -0.607. The molecule has 0 aromatic heterocycles. The van der Waals surface area contributed by atoms with Gasteiger partial charge in [0, 0.05) is 6.04 Å². The molecule has 0 heterocycles. The molecular weight excluding hydrogens is 266 g/mol. The lowest BCUT2D eigenvalue weighted by molar-refractivity contribution is -0.117. The normalized spacial score (nSPS) is 15.1. The van der Waals surface area contributed by atoms with E-state index in [4.69, 9.17) is 5.73 Å². The number of carbonyl (C=O) groups excluding carboxylic acids is 2. The zero-order chi connectivity index (χ0) is 13.1. The van der Waals surface area contributed by atoms with Gasteiger partial charge < -0.3 is 16.4 Å². The van der Waals surface area contributed by atoms with Crippen LogP contribution in [0.1, 0.15) is 30.1 Å². The molecule has 0 bridgehead atoms. The van der Waals surface area contributed by atoms with Gasteiger partial charge in [-0.3, -0.25) is 9.59 Å². The van der Waals surface area contributed by atoms with E-state index in [0.717, 1.165) is 12.8 Å². The van der Waals surface area contributed by atoms with E-state index in [2.05, 4.69) is 10.6 Å². The van der Waals surface area contributed by atoms with Crippen LogP contribution < -0.4 is 16.4 Å². The third-order valence-corrected chi connectivity index (χ3v) is 2.76. The third kappa shape index (κ3) is 4.22. The summed E-state index contributed by atoms with van der Waals surface area (Å²) in [4.78, 5) is 23.5. The van der Waals surface area contributed by atoms with Crippen LogP contribution in [0, 0.1) is 0 Å². The van der Waals surface area contributed by atoms with Gasteiger partial charge in [-0.1, -0.05) is 12.1 Å². The Balaban J connectivity index is 0.00000180. The van der Waals surface area contributed by atoms with Gasteiger partial charge in [0.15, 0.2) is 0 Å². The lowest BCUT2D eigenvalue weighted by atomic mass is 10.1. The minimum absolute atomic E-state index is 0. The smallest absolute Gasteiger partial charge is 0.253 e. The number of carbonyl (C=O) groups is 2. The maximum atomic E-state index is 12.0. The second-order valence-electron chi connectivity index (χ2n) is 4.57. The number of benzene rings is 1. The second kappa shape index (κ2) is 6.54. The Labute approximate surface area is 118 Å². The fraction of sp³-hybridized carbons (Fsp3) is 0.385. The Kier molecular flexibility index (Phi) is 5.32. The summed E-state index contributed by atoms with van der Waals surface area (Å²) >= 11 is 0. The van der Waals surface area contributed by atoms with Crippen LogP contribution >= 0.6 is 12.4 Å². The molecule has 1 aromatic rings. The molecular formula is C13H18ClN3O2. The van der Waals surface area contributed by atoms with Gasteiger partial charge in [-0.25, -0.2) is 0 Å². The first-order valence-corrected chi connectivity index (χ1v) is 6.04. The molecule has 2 rings (SSSR count). The van der Waals surface area contributed by atoms with Gasteiger partial charge in [0.05, 0.1) is 17.3 Å². The zero-order valence-electron chi connectivity index (χ0n) is 10.7. The van der Waals surface area contributed by atoms with E-state index < -0.39 is 6.04 Å². The average Bonchev–Trinajstić information content (AvgIpc) is 3.13. The van der Waals surface area contributed by atoms with Gasteiger partial charge in [-0.05, 0) is 31.9 Å². The van der Waals surface area contributed by atoms with Crippen molar-refractivity contribution in [1.29, 1.82) is 0 Å². The molecule has 1 fully saturated rings. The molecule has 2 amide bonds. The quantitative estimate of drug-likeness (QED) is 0.778. The summed E-state index contributed by atoms with van der Waals surface area (Å²) in [5, 5.41) is 5.55. The summed E-state index contributed by atoms with van der Waals surface area (Å²) in [5.74, 6) is -0.459. The van der Waals surface area contributed by atoms with Gasteiger partial charge in [0.2, 0.25) is 5.91 Å². The molecule has 6 heteroatoms. The monoisotopic (exact) mass is 283 g/mol. The summed E-state index contributed by atoms with van der Waals surface area (Å²) in [6, 6.07) is 6.60. The van der Waals surface area contributed by atoms with E-state index in [0.29, 0.717) is 11.3 Å². The number of hydrogen-bond donors (Lipinski definition) is 3. The molecule has 104 valence electrons. The highest BCUT2D eigenvalue weighted by molar-refractivity contribution is 6.04. The molecule has 0 unspecified atom stereocenters. The molecule has 1 saturated carbocycles. The Hall–Kier alpha value is -1.59. The van der Waals surface area contributed by atoms with E-state index in [-0.39, 0.29) is 30.3 Å². The molecule has 0 radical (unpaired) electrons. The first-order valence-electron chi connectivity index (χ1n) is 6.04. The summed E-state index contributed by atoms with van der Waals surface area (Å²) in [6.07, 6.45) is 2.06. The maximum Gasteiger partial charge on any atom is 0.253 e. The summed E-state index contributed by atoms with van der Waals surface area (Å²) in [7, 11) is 0. The van der Waals surface area contributed by atoms with Crippen molar-refractivity contribution in [3.05, 3.63) is 29.8 Å². The highest BCUT2D eigenvalue weighted by Gasteiger charge is 2.25. The predicted molar refractivity (Wildman–Crippen MR) is 76.5 cm³/mol. The van der Waals surface area contributed by atoms with Crippen molar-refractivity contribution >= 4 is 29.9 Å². The topological polar surface area (TPSA) is 84.2 Å². The first-order chi connectivity index (χ1) is 8.58. The van der Waals surface area contributed by atoms with Gasteiger partial charge in [0.25, 0.3) is 5.91 Å². The van der Waals surface area contributed by atoms with E-state index in [1.165, 1.54) is 0 Å². The van der Waals surface area contributed by atoms with Gasteiger partial charge in [0.1, 0.15) is 0 Å². The van der Waals surface area contributed by atoms with Crippen molar-refractivity contribution in [2.45, 2.75) is 31.8 Å². The minimum Gasteiger partial charge on any atom is -0.349 e. The van der Waals surface area contributed by atoms with Crippen molar-refractivity contribution in [3.8, 4) is 0 Å². The van der Waals surface area contributed by atoms with Crippen LogP contribution in [0.5, 0.6) is 0 Å². The van der Waals surface area contributed by atoms with E-state index >= 15 is 0 Å². The number of halogens is 1. The third-order valence-electron chi connectivity index (χ3n) is 2.76. The molecule has 1 aliphatic rings. The largest absolute Gasteiger partial charge is 0.349 e. The first kappa shape index (κ1) is 15.5. The van der Waals surface area contributed by atoms with Crippen molar-refractivity contribution in [2.24, 2.45) is 5.73 Å². The molecule has 0 aliphatic heterocycles. The number of nitrogens with one attached hydrogen (secondary N) is 2. The van der Waals surface area contributed by atoms with Crippen molar-refractivity contribution < 1.29 is 9.59 Å². The molecule has 1 atom stereocenters. The highest BCUT2D eigenvalue weighted by Crippen LogP contribution is 2.21. The molecule has 0 saturated heterocycles. The number of anilines is 1. The van der Waals surface area contributed by atoms with Crippen LogP contribution in [0.15, 0.2) is 24.3 Å². The number of amides is 2. The second-order valence-corrected chi connectivity index (χ2v) is 4.57. The molecule has 1 aliphatic carbocycles. The summed E-state index contributed by atoms with van der Waals surface area (Å²) in [5.41, 5.74) is 6.46. The number of rotatable bonds is 4. The van der Waals surface area contributed by atoms with Crippen LogP contribution in [0.4, 0.5) is 5.69 Å². The van der Waals surface area contributed by atoms with Gasteiger partial charge in [-0.2, -0.15) is 0 Å². The molecule has 19 heavy (non-hydrogen) atoms. The van der Waals surface area contributed by atoms with Crippen molar-refractivity contribution in [2.75, 3.05) is 5.32 Å². The standard InChI is InChI=1S/C13H17N3O2.ClH/c1-8(14)12(17)16-11-5-3-2-4-10(11)13(18)15-9-6-7-9;/h2-5,8-9H,6-7,14H2,1H3,(H,15,18)(H,16,17);1H/t8-;/m0./s1. The lowest BCUT2D eigenvalue weighted by Gasteiger charge is -2.12. The van der Waals surface area contributed by atoms with E-state index in [9.17, 15) is 9.59 Å². The zero-order valence-corrected chi connectivity index (χ0v) is 11.5. The Bertz CT molecular complexity index is 473. The maximum absolute atomic E-state index is 12.0. The highest BCUT2D eigenvalue weighted by atomic mass is 35.5. The lowest BCUT2D eigenvalue weighted by Crippen LogP contribution is -2.33. The van der Waals surface area contributed by atoms with E-state index in [1.54, 1.807) is 31.2 Å². The van der Waals surface area contributed by atoms with Crippen molar-refractivity contribution in [3.63, 3.8) is 0 Å². The Morgan fingerprint density at radius 1 is 1.32 bits per heavy atom. The molecule has 0 spiro atoms. The van der Waals surface area contributed by atoms with Crippen LogP contribution in [-0.4, -0.2) is 23.9 Å². The van der Waals surface area contributed by atoms with Gasteiger partial charge in [-0.15, -0.1) is 12.4 Å². The van der Waals surface area contributed by atoms with Crippen LogP contribution in [0.3, 0.4) is 0 Å². The predicted octanol–water partition coefficient (Wildman–Crippen LogP) is 1.29. The fourth-order valence-corrected chi connectivity index (χ4v) is 1.53.